The summed E-state index contributed by atoms with van der Waals surface area (Å²) in [6.07, 6.45) is 0. The van der Waals surface area contributed by atoms with Crippen LogP contribution in [0.25, 0.3) is 10.9 Å². The van der Waals surface area contributed by atoms with E-state index < -0.39 is 0 Å². The number of rotatable bonds is 4. The quantitative estimate of drug-likeness (QED) is 0.740. The number of aryl methyl sites for hydroxylation is 1. The molecule has 0 saturated carbocycles. The Hall–Kier alpha value is -2.75. The molecule has 0 unspecified atom stereocenters. The van der Waals surface area contributed by atoms with Crippen LogP contribution in [-0.4, -0.2) is 29.5 Å². The Kier molecular flexibility index (Phi) is 4.06. The minimum absolute atomic E-state index is 0.0134. The molecule has 0 fully saturated rings. The van der Waals surface area contributed by atoms with Gasteiger partial charge in [0.15, 0.2) is 0 Å². The second-order valence-corrected chi connectivity index (χ2v) is 5.66. The maximum absolute atomic E-state index is 12.7. The van der Waals surface area contributed by atoms with Gasteiger partial charge in [0.2, 0.25) is 0 Å². The van der Waals surface area contributed by atoms with E-state index in [4.69, 9.17) is 4.74 Å². The number of methoxy groups -OCH3 is 1. The van der Waals surface area contributed by atoms with Gasteiger partial charge in [0.1, 0.15) is 11.4 Å². The Bertz CT molecular complexity index is 834. The number of carbonyl (C=O) groups is 1. The molecule has 0 aliphatic heterocycles. The highest BCUT2D eigenvalue weighted by Gasteiger charge is 2.17. The van der Waals surface area contributed by atoms with E-state index in [-0.39, 0.29) is 5.91 Å². The first-order valence-electron chi connectivity index (χ1n) is 7.53. The second kappa shape index (κ2) is 6.16. The summed E-state index contributed by atoms with van der Waals surface area (Å²) in [5.74, 6) is 0.830. The van der Waals surface area contributed by atoms with Crippen molar-refractivity contribution in [1.82, 2.24) is 9.47 Å². The van der Waals surface area contributed by atoms with Gasteiger partial charge in [-0.2, -0.15) is 0 Å². The van der Waals surface area contributed by atoms with E-state index in [1.54, 1.807) is 12.0 Å². The molecule has 1 amide bonds. The van der Waals surface area contributed by atoms with Gasteiger partial charge < -0.3 is 14.2 Å². The van der Waals surface area contributed by atoms with Crippen molar-refractivity contribution in [1.29, 1.82) is 0 Å². The zero-order valence-electron chi connectivity index (χ0n) is 13.6. The zero-order chi connectivity index (χ0) is 16.4. The van der Waals surface area contributed by atoms with Crippen molar-refractivity contribution in [3.05, 3.63) is 65.9 Å². The fourth-order valence-electron chi connectivity index (χ4n) is 2.77. The average Bonchev–Trinajstić information content (AvgIpc) is 2.92. The molecule has 118 valence electrons. The van der Waals surface area contributed by atoms with Crippen LogP contribution in [0.3, 0.4) is 0 Å². The molecule has 4 nitrogen and oxygen atoms in total. The lowest BCUT2D eigenvalue weighted by atomic mass is 10.2. The van der Waals surface area contributed by atoms with Crippen LogP contribution in [0.15, 0.2) is 54.6 Å². The van der Waals surface area contributed by atoms with E-state index in [2.05, 4.69) is 0 Å². The van der Waals surface area contributed by atoms with Gasteiger partial charge in [0.25, 0.3) is 5.91 Å². The Morgan fingerprint density at radius 2 is 1.83 bits per heavy atom. The molecule has 2 aromatic carbocycles. The summed E-state index contributed by atoms with van der Waals surface area (Å²) in [5.41, 5.74) is 2.83. The van der Waals surface area contributed by atoms with Crippen molar-refractivity contribution < 1.29 is 9.53 Å². The van der Waals surface area contributed by atoms with E-state index in [9.17, 15) is 4.79 Å². The fourth-order valence-corrected chi connectivity index (χ4v) is 2.77. The maximum atomic E-state index is 12.7. The van der Waals surface area contributed by atoms with Gasteiger partial charge >= 0.3 is 0 Å². The van der Waals surface area contributed by atoms with Gasteiger partial charge in [-0.25, -0.2) is 0 Å². The minimum Gasteiger partial charge on any atom is -0.497 e. The first kappa shape index (κ1) is 15.2. The smallest absolute Gasteiger partial charge is 0.270 e. The number of aromatic nitrogens is 1. The van der Waals surface area contributed by atoms with Crippen LogP contribution < -0.4 is 4.74 Å². The molecular formula is C19H20N2O2. The fraction of sp³-hybridized carbons (Fsp3) is 0.211. The van der Waals surface area contributed by atoms with Crippen LogP contribution in [0.2, 0.25) is 0 Å². The molecule has 4 heteroatoms. The summed E-state index contributed by atoms with van der Waals surface area (Å²) < 4.78 is 7.10. The first-order chi connectivity index (χ1) is 11.1. The van der Waals surface area contributed by atoms with Crippen molar-refractivity contribution in [3.63, 3.8) is 0 Å². The van der Waals surface area contributed by atoms with Gasteiger partial charge in [-0.3, -0.25) is 4.79 Å². The third kappa shape index (κ3) is 2.93. The number of benzene rings is 2. The normalized spacial score (nSPS) is 10.7. The molecule has 1 aromatic heterocycles. The number of ether oxygens (including phenoxy) is 1. The summed E-state index contributed by atoms with van der Waals surface area (Å²) >= 11 is 0. The first-order valence-corrected chi connectivity index (χ1v) is 7.53. The molecule has 23 heavy (non-hydrogen) atoms. The number of amides is 1. The van der Waals surface area contributed by atoms with E-state index in [1.807, 2.05) is 73.3 Å². The Labute approximate surface area is 135 Å². The molecule has 0 spiro atoms. The number of fused-ring (bicyclic) bond motifs is 1. The van der Waals surface area contributed by atoms with Crippen molar-refractivity contribution in [2.75, 3.05) is 14.2 Å². The van der Waals surface area contributed by atoms with Crippen LogP contribution in [0.1, 0.15) is 16.1 Å². The number of para-hydroxylation sites is 1. The van der Waals surface area contributed by atoms with E-state index in [1.165, 1.54) is 0 Å². The second-order valence-electron chi connectivity index (χ2n) is 5.66. The third-order valence-corrected chi connectivity index (χ3v) is 4.10. The Morgan fingerprint density at radius 1 is 1.13 bits per heavy atom. The van der Waals surface area contributed by atoms with Gasteiger partial charge in [0.05, 0.1) is 7.11 Å². The van der Waals surface area contributed by atoms with Gasteiger partial charge in [0, 0.05) is 31.5 Å². The molecular weight excluding hydrogens is 288 g/mol. The number of carbonyl (C=O) groups excluding carboxylic acids is 1. The molecule has 0 aliphatic rings. The largest absolute Gasteiger partial charge is 0.497 e. The van der Waals surface area contributed by atoms with Crippen LogP contribution in [0, 0.1) is 0 Å². The monoisotopic (exact) mass is 308 g/mol. The minimum atomic E-state index is 0.0134. The summed E-state index contributed by atoms with van der Waals surface area (Å²) in [6, 6.07) is 17.7. The number of hydrogen-bond donors (Lipinski definition) is 0. The summed E-state index contributed by atoms with van der Waals surface area (Å²) in [6.45, 7) is 0.560. The predicted molar refractivity (Wildman–Crippen MR) is 91.7 cm³/mol. The molecule has 1 heterocycles. The molecule has 0 bridgehead atoms. The van der Waals surface area contributed by atoms with Crippen LogP contribution >= 0.6 is 0 Å². The van der Waals surface area contributed by atoms with Crippen LogP contribution in [0.4, 0.5) is 0 Å². The van der Waals surface area contributed by atoms with Crippen LogP contribution in [-0.2, 0) is 13.6 Å². The van der Waals surface area contributed by atoms with Crippen molar-refractivity contribution >= 4 is 16.8 Å². The van der Waals surface area contributed by atoms with E-state index in [0.717, 1.165) is 22.2 Å². The van der Waals surface area contributed by atoms with Gasteiger partial charge in [-0.15, -0.1) is 0 Å². The Balaban J connectivity index is 1.81. The lowest BCUT2D eigenvalue weighted by molar-refractivity contribution is 0.0776. The average molecular weight is 308 g/mol. The highest BCUT2D eigenvalue weighted by molar-refractivity contribution is 5.98. The highest BCUT2D eigenvalue weighted by Crippen LogP contribution is 2.20. The number of nitrogens with zero attached hydrogens (tertiary/aromatic N) is 2. The van der Waals surface area contributed by atoms with E-state index in [0.29, 0.717) is 12.2 Å². The molecule has 3 aromatic rings. The molecule has 0 radical (unpaired) electrons. The molecule has 0 N–H and O–H groups in total. The molecule has 0 saturated heterocycles. The highest BCUT2D eigenvalue weighted by atomic mass is 16.5. The van der Waals surface area contributed by atoms with Crippen LogP contribution in [0.5, 0.6) is 5.75 Å². The lowest BCUT2D eigenvalue weighted by Gasteiger charge is -2.18. The van der Waals surface area contributed by atoms with Crippen molar-refractivity contribution in [2.45, 2.75) is 6.54 Å². The SMILES string of the molecule is COc1ccc(CN(C)C(=O)c2cc3ccccc3n2C)cc1. The summed E-state index contributed by atoms with van der Waals surface area (Å²) in [7, 11) is 5.39. The predicted octanol–water partition coefficient (Wildman–Crippen LogP) is 3.46. The van der Waals surface area contributed by atoms with Crippen molar-refractivity contribution in [2.24, 2.45) is 7.05 Å². The topological polar surface area (TPSA) is 34.5 Å². The van der Waals surface area contributed by atoms with Gasteiger partial charge in [-0.05, 0) is 29.8 Å². The number of hydrogen-bond acceptors (Lipinski definition) is 2. The summed E-state index contributed by atoms with van der Waals surface area (Å²) in [4.78, 5) is 14.5. The zero-order valence-corrected chi connectivity index (χ0v) is 13.6. The summed E-state index contributed by atoms with van der Waals surface area (Å²) in [5, 5.41) is 1.08. The van der Waals surface area contributed by atoms with E-state index >= 15 is 0 Å². The standard InChI is InChI=1S/C19H20N2O2/c1-20(13-14-8-10-16(23-3)11-9-14)19(22)18-12-15-6-4-5-7-17(15)21(18)2/h4-12H,13H2,1-3H3. The molecule has 0 atom stereocenters. The molecule has 3 rings (SSSR count). The third-order valence-electron chi connectivity index (χ3n) is 4.10. The van der Waals surface area contributed by atoms with Gasteiger partial charge in [-0.1, -0.05) is 30.3 Å². The maximum Gasteiger partial charge on any atom is 0.270 e. The van der Waals surface area contributed by atoms with Crippen molar-refractivity contribution in [3.8, 4) is 5.75 Å². The lowest BCUT2D eigenvalue weighted by Crippen LogP contribution is -2.27. The molecule has 0 aliphatic carbocycles. The Morgan fingerprint density at radius 3 is 2.48 bits per heavy atom.